The molecule has 0 aliphatic carbocycles. The molecule has 0 aliphatic rings. The molecule has 2 aromatic carbocycles. The fourth-order valence-corrected chi connectivity index (χ4v) is 2.58. The fraction of sp³-hybridized carbons (Fsp3) is 0.286. The van der Waals surface area contributed by atoms with E-state index in [1.54, 1.807) is 30.3 Å². The SMILES string of the molecule is COc1ccc(C)cc1CC(=O)O[C@@H](C)C(=O)Nc1ccc(NC(C)=O)cc1. The molecule has 0 radical (unpaired) electrons. The van der Waals surface area contributed by atoms with Crippen molar-refractivity contribution in [3.8, 4) is 5.75 Å². The third-order valence-electron chi connectivity index (χ3n) is 3.92. The summed E-state index contributed by atoms with van der Waals surface area (Å²) in [4.78, 5) is 35.5. The van der Waals surface area contributed by atoms with Gasteiger partial charge in [0.05, 0.1) is 13.5 Å². The van der Waals surface area contributed by atoms with E-state index in [2.05, 4.69) is 10.6 Å². The number of hydrogen-bond acceptors (Lipinski definition) is 5. The Labute approximate surface area is 164 Å². The summed E-state index contributed by atoms with van der Waals surface area (Å²) in [6.45, 7) is 4.84. The van der Waals surface area contributed by atoms with E-state index in [0.29, 0.717) is 22.7 Å². The Balaban J connectivity index is 1.92. The summed E-state index contributed by atoms with van der Waals surface area (Å²) in [5, 5.41) is 5.31. The van der Waals surface area contributed by atoms with Crippen molar-refractivity contribution in [3.63, 3.8) is 0 Å². The lowest BCUT2D eigenvalue weighted by Crippen LogP contribution is -2.30. The highest BCUT2D eigenvalue weighted by molar-refractivity contribution is 5.95. The molecule has 7 heteroatoms. The Hall–Kier alpha value is -3.35. The lowest BCUT2D eigenvalue weighted by Gasteiger charge is -2.15. The number of carbonyl (C=O) groups is 3. The van der Waals surface area contributed by atoms with Crippen LogP contribution in [0.1, 0.15) is 25.0 Å². The number of anilines is 2. The number of esters is 1. The number of rotatable bonds is 7. The highest BCUT2D eigenvalue weighted by atomic mass is 16.5. The Morgan fingerprint density at radius 1 is 1.00 bits per heavy atom. The molecule has 0 unspecified atom stereocenters. The van der Waals surface area contributed by atoms with Crippen LogP contribution in [-0.4, -0.2) is 31.0 Å². The second-order valence-electron chi connectivity index (χ2n) is 6.37. The van der Waals surface area contributed by atoms with Crippen LogP contribution in [0.4, 0.5) is 11.4 Å². The van der Waals surface area contributed by atoms with E-state index in [1.807, 2.05) is 19.1 Å². The first kappa shape index (κ1) is 21.0. The summed E-state index contributed by atoms with van der Waals surface area (Å²) in [7, 11) is 1.53. The van der Waals surface area contributed by atoms with Crippen molar-refractivity contribution in [1.29, 1.82) is 0 Å². The number of amides is 2. The van der Waals surface area contributed by atoms with Crippen molar-refractivity contribution in [1.82, 2.24) is 0 Å². The van der Waals surface area contributed by atoms with Crippen LogP contribution in [0.2, 0.25) is 0 Å². The summed E-state index contributed by atoms with van der Waals surface area (Å²) in [5.41, 5.74) is 2.85. The van der Waals surface area contributed by atoms with Gasteiger partial charge >= 0.3 is 5.97 Å². The molecule has 0 bridgehead atoms. The summed E-state index contributed by atoms with van der Waals surface area (Å²) >= 11 is 0. The predicted octanol–water partition coefficient (Wildman–Crippen LogP) is 3.07. The number of methoxy groups -OCH3 is 1. The standard InChI is InChI=1S/C21H24N2O5/c1-13-5-10-19(27-4)16(11-13)12-20(25)28-14(2)21(26)23-18-8-6-17(7-9-18)22-15(3)24/h5-11,14H,12H2,1-4H3,(H,22,24)(H,23,26)/t14-/m0/s1. The normalized spacial score (nSPS) is 11.3. The van der Waals surface area contributed by atoms with Crippen LogP contribution in [0.25, 0.3) is 0 Å². The van der Waals surface area contributed by atoms with Crippen LogP contribution in [0.5, 0.6) is 5.75 Å². The average molecular weight is 384 g/mol. The van der Waals surface area contributed by atoms with Crippen LogP contribution >= 0.6 is 0 Å². The first-order chi connectivity index (χ1) is 13.3. The zero-order valence-corrected chi connectivity index (χ0v) is 16.4. The van der Waals surface area contributed by atoms with Gasteiger partial charge in [0, 0.05) is 23.9 Å². The van der Waals surface area contributed by atoms with Crippen molar-refractivity contribution in [2.75, 3.05) is 17.7 Å². The van der Waals surface area contributed by atoms with Gasteiger partial charge in [0.2, 0.25) is 5.91 Å². The molecule has 7 nitrogen and oxygen atoms in total. The highest BCUT2D eigenvalue weighted by Gasteiger charge is 2.19. The molecule has 0 aromatic heterocycles. The van der Waals surface area contributed by atoms with Gasteiger partial charge in [0.15, 0.2) is 6.10 Å². The van der Waals surface area contributed by atoms with Gasteiger partial charge in [-0.25, -0.2) is 0 Å². The van der Waals surface area contributed by atoms with Crippen LogP contribution in [-0.2, 0) is 25.5 Å². The Bertz CT molecular complexity index is 862. The Kier molecular flexibility index (Phi) is 7.14. The van der Waals surface area contributed by atoms with Crippen LogP contribution in [0, 0.1) is 6.92 Å². The van der Waals surface area contributed by atoms with Crippen molar-refractivity contribution in [2.45, 2.75) is 33.3 Å². The zero-order chi connectivity index (χ0) is 20.7. The van der Waals surface area contributed by atoms with Gasteiger partial charge in [-0.1, -0.05) is 17.7 Å². The predicted molar refractivity (Wildman–Crippen MR) is 106 cm³/mol. The van der Waals surface area contributed by atoms with Crippen molar-refractivity contribution in [3.05, 3.63) is 53.6 Å². The van der Waals surface area contributed by atoms with Crippen LogP contribution in [0.15, 0.2) is 42.5 Å². The second-order valence-corrected chi connectivity index (χ2v) is 6.37. The largest absolute Gasteiger partial charge is 0.496 e. The molecular formula is C21H24N2O5. The van der Waals surface area contributed by atoms with Crippen LogP contribution < -0.4 is 15.4 Å². The van der Waals surface area contributed by atoms with Gasteiger partial charge in [-0.05, 0) is 44.2 Å². The van der Waals surface area contributed by atoms with Gasteiger partial charge in [-0.3, -0.25) is 14.4 Å². The van der Waals surface area contributed by atoms with E-state index in [0.717, 1.165) is 5.56 Å². The molecule has 2 N–H and O–H groups in total. The minimum Gasteiger partial charge on any atom is -0.496 e. The number of hydrogen-bond donors (Lipinski definition) is 2. The molecule has 0 heterocycles. The molecular weight excluding hydrogens is 360 g/mol. The summed E-state index contributed by atoms with van der Waals surface area (Å²) in [5.74, 6) is -0.550. The van der Waals surface area contributed by atoms with E-state index >= 15 is 0 Å². The molecule has 0 saturated heterocycles. The van der Waals surface area contributed by atoms with Crippen molar-refractivity contribution >= 4 is 29.2 Å². The number of benzene rings is 2. The molecule has 2 amide bonds. The first-order valence-electron chi connectivity index (χ1n) is 8.80. The van der Waals surface area contributed by atoms with E-state index in [9.17, 15) is 14.4 Å². The summed E-state index contributed by atoms with van der Waals surface area (Å²) < 4.78 is 10.5. The van der Waals surface area contributed by atoms with Crippen molar-refractivity contribution in [2.24, 2.45) is 0 Å². The third-order valence-corrected chi connectivity index (χ3v) is 3.92. The molecule has 1 atom stereocenters. The molecule has 2 aromatic rings. The smallest absolute Gasteiger partial charge is 0.311 e. The van der Waals surface area contributed by atoms with E-state index in [1.165, 1.54) is 21.0 Å². The maximum atomic E-state index is 12.3. The number of carbonyl (C=O) groups excluding carboxylic acids is 3. The molecule has 28 heavy (non-hydrogen) atoms. The maximum absolute atomic E-state index is 12.3. The molecule has 0 aliphatic heterocycles. The lowest BCUT2D eigenvalue weighted by molar-refractivity contribution is -0.152. The Morgan fingerprint density at radius 2 is 1.61 bits per heavy atom. The molecule has 0 fully saturated rings. The van der Waals surface area contributed by atoms with Crippen LogP contribution in [0.3, 0.4) is 0 Å². The van der Waals surface area contributed by atoms with Gasteiger partial charge in [-0.15, -0.1) is 0 Å². The fourth-order valence-electron chi connectivity index (χ4n) is 2.58. The monoisotopic (exact) mass is 384 g/mol. The van der Waals surface area contributed by atoms with Gasteiger partial charge in [0.25, 0.3) is 5.91 Å². The summed E-state index contributed by atoms with van der Waals surface area (Å²) in [6.07, 6.45) is -0.952. The lowest BCUT2D eigenvalue weighted by atomic mass is 10.1. The average Bonchev–Trinajstić information content (AvgIpc) is 2.63. The number of ether oxygens (including phenoxy) is 2. The van der Waals surface area contributed by atoms with Gasteiger partial charge in [0.1, 0.15) is 5.75 Å². The first-order valence-corrected chi connectivity index (χ1v) is 8.80. The zero-order valence-electron chi connectivity index (χ0n) is 16.4. The van der Waals surface area contributed by atoms with E-state index in [4.69, 9.17) is 9.47 Å². The summed E-state index contributed by atoms with van der Waals surface area (Å²) in [6, 6.07) is 12.2. The van der Waals surface area contributed by atoms with Gasteiger partial charge < -0.3 is 20.1 Å². The number of nitrogens with one attached hydrogen (secondary N) is 2. The highest BCUT2D eigenvalue weighted by Crippen LogP contribution is 2.21. The van der Waals surface area contributed by atoms with E-state index < -0.39 is 18.0 Å². The quantitative estimate of drug-likeness (QED) is 0.716. The molecule has 148 valence electrons. The maximum Gasteiger partial charge on any atom is 0.311 e. The second kappa shape index (κ2) is 9.55. The Morgan fingerprint density at radius 3 is 2.18 bits per heavy atom. The van der Waals surface area contributed by atoms with Gasteiger partial charge in [-0.2, -0.15) is 0 Å². The minimum atomic E-state index is -0.960. The number of aryl methyl sites for hydroxylation is 1. The molecule has 0 saturated carbocycles. The molecule has 0 spiro atoms. The van der Waals surface area contributed by atoms with Crippen molar-refractivity contribution < 1.29 is 23.9 Å². The topological polar surface area (TPSA) is 93.7 Å². The minimum absolute atomic E-state index is 0.00782. The molecule has 2 rings (SSSR count). The van der Waals surface area contributed by atoms with E-state index in [-0.39, 0.29) is 12.3 Å². The third kappa shape index (κ3) is 6.12.